The Kier molecular flexibility index (Phi) is 5.18. The average Bonchev–Trinajstić information content (AvgIpc) is 2.15. The van der Waals surface area contributed by atoms with Crippen LogP contribution in [0.5, 0.6) is 0 Å². The van der Waals surface area contributed by atoms with Crippen LogP contribution in [0.4, 0.5) is 0 Å². The highest BCUT2D eigenvalue weighted by Crippen LogP contribution is 2.09. The number of hydrogen-bond acceptors (Lipinski definition) is 1. The van der Waals surface area contributed by atoms with Gasteiger partial charge in [0.25, 0.3) is 0 Å². The zero-order valence-electron chi connectivity index (χ0n) is 7.47. The number of rotatable bonds is 5. The van der Waals surface area contributed by atoms with Crippen LogP contribution in [0.15, 0.2) is 18.3 Å². The van der Waals surface area contributed by atoms with E-state index < -0.39 is 0 Å². The van der Waals surface area contributed by atoms with Crippen LogP contribution in [-0.4, -0.2) is 10.9 Å². The Morgan fingerprint density at radius 2 is 2.00 bits per heavy atom. The Labute approximate surface area is 89.1 Å². The van der Waals surface area contributed by atoms with Crippen molar-refractivity contribution in [3.05, 3.63) is 29.0 Å². The van der Waals surface area contributed by atoms with E-state index in [1.54, 1.807) is 0 Å². The van der Waals surface area contributed by atoms with E-state index in [9.17, 15) is 0 Å². The van der Waals surface area contributed by atoms with Crippen molar-refractivity contribution in [2.75, 3.05) is 5.88 Å². The van der Waals surface area contributed by atoms with Gasteiger partial charge in [-0.25, -0.2) is 4.98 Å². The molecule has 0 aliphatic rings. The molecule has 1 nitrogen and oxygen atoms in total. The number of alkyl halides is 1. The van der Waals surface area contributed by atoms with Gasteiger partial charge in [0.1, 0.15) is 5.15 Å². The summed E-state index contributed by atoms with van der Waals surface area (Å²) in [6.07, 6.45) is 6.37. The molecule has 0 bridgehead atoms. The van der Waals surface area contributed by atoms with E-state index in [1.807, 2.05) is 18.3 Å². The molecule has 0 aromatic carbocycles. The Morgan fingerprint density at radius 1 is 1.15 bits per heavy atom. The zero-order valence-corrected chi connectivity index (χ0v) is 8.98. The van der Waals surface area contributed by atoms with E-state index >= 15 is 0 Å². The maximum absolute atomic E-state index is 5.67. The standard InChI is InChI=1S/C10H13Cl2N/c11-7-3-1-2-4-9-5-6-10(12)13-8-9/h5-6,8H,1-4,7H2. The van der Waals surface area contributed by atoms with Gasteiger partial charge in [0.15, 0.2) is 0 Å². The van der Waals surface area contributed by atoms with Gasteiger partial charge in [-0.1, -0.05) is 24.1 Å². The summed E-state index contributed by atoms with van der Waals surface area (Å²) in [6.45, 7) is 0. The maximum Gasteiger partial charge on any atom is 0.129 e. The van der Waals surface area contributed by atoms with Crippen molar-refractivity contribution in [3.63, 3.8) is 0 Å². The van der Waals surface area contributed by atoms with Crippen LogP contribution >= 0.6 is 23.2 Å². The topological polar surface area (TPSA) is 12.9 Å². The molecule has 0 radical (unpaired) electrons. The molecule has 0 spiro atoms. The fourth-order valence-corrected chi connectivity index (χ4v) is 1.46. The summed E-state index contributed by atoms with van der Waals surface area (Å²) in [5.74, 6) is 0.763. The molecular formula is C10H13Cl2N. The smallest absolute Gasteiger partial charge is 0.129 e. The molecule has 1 aromatic heterocycles. The van der Waals surface area contributed by atoms with Crippen LogP contribution in [0, 0.1) is 0 Å². The normalized spacial score (nSPS) is 10.3. The average molecular weight is 218 g/mol. The van der Waals surface area contributed by atoms with Crippen molar-refractivity contribution in [3.8, 4) is 0 Å². The summed E-state index contributed by atoms with van der Waals surface area (Å²) < 4.78 is 0. The number of aromatic nitrogens is 1. The summed E-state index contributed by atoms with van der Waals surface area (Å²) in [4.78, 5) is 4.02. The van der Waals surface area contributed by atoms with Crippen molar-refractivity contribution in [1.29, 1.82) is 0 Å². The number of hydrogen-bond donors (Lipinski definition) is 0. The minimum absolute atomic E-state index is 0.560. The van der Waals surface area contributed by atoms with E-state index in [1.165, 1.54) is 18.4 Å². The zero-order chi connectivity index (χ0) is 9.52. The molecule has 0 atom stereocenters. The lowest BCUT2D eigenvalue weighted by Gasteiger charge is -1.99. The number of aryl methyl sites for hydroxylation is 1. The van der Waals surface area contributed by atoms with Crippen LogP contribution in [0.25, 0.3) is 0 Å². The molecule has 13 heavy (non-hydrogen) atoms. The van der Waals surface area contributed by atoms with Gasteiger partial charge < -0.3 is 0 Å². The summed E-state index contributed by atoms with van der Waals surface area (Å²) in [6, 6.07) is 3.86. The van der Waals surface area contributed by atoms with Gasteiger partial charge in [0.05, 0.1) is 0 Å². The third-order valence-corrected chi connectivity index (χ3v) is 2.38. The predicted molar refractivity (Wildman–Crippen MR) is 57.5 cm³/mol. The van der Waals surface area contributed by atoms with Crippen LogP contribution in [0.3, 0.4) is 0 Å². The second-order valence-corrected chi connectivity index (χ2v) is 3.75. The molecule has 1 heterocycles. The van der Waals surface area contributed by atoms with Crippen molar-refractivity contribution in [2.45, 2.75) is 25.7 Å². The first kappa shape index (κ1) is 10.8. The fourth-order valence-electron chi connectivity index (χ4n) is 1.15. The van der Waals surface area contributed by atoms with Crippen molar-refractivity contribution < 1.29 is 0 Å². The maximum atomic E-state index is 5.67. The highest BCUT2D eigenvalue weighted by atomic mass is 35.5. The number of unbranched alkanes of at least 4 members (excludes halogenated alkanes) is 2. The molecule has 0 saturated carbocycles. The lowest BCUT2D eigenvalue weighted by Crippen LogP contribution is -1.87. The third kappa shape index (κ3) is 4.49. The number of nitrogens with zero attached hydrogens (tertiary/aromatic N) is 1. The van der Waals surface area contributed by atoms with E-state index in [-0.39, 0.29) is 0 Å². The second kappa shape index (κ2) is 6.22. The quantitative estimate of drug-likeness (QED) is 0.417. The van der Waals surface area contributed by atoms with Crippen molar-refractivity contribution in [2.24, 2.45) is 0 Å². The van der Waals surface area contributed by atoms with Crippen LogP contribution < -0.4 is 0 Å². The molecule has 1 rings (SSSR count). The van der Waals surface area contributed by atoms with E-state index in [2.05, 4.69) is 4.98 Å². The fraction of sp³-hybridized carbons (Fsp3) is 0.500. The highest BCUT2D eigenvalue weighted by molar-refractivity contribution is 6.29. The van der Waals surface area contributed by atoms with Gasteiger partial charge in [-0.2, -0.15) is 0 Å². The molecule has 0 aliphatic carbocycles. The predicted octanol–water partition coefficient (Wildman–Crippen LogP) is 3.69. The highest BCUT2D eigenvalue weighted by Gasteiger charge is 1.94. The molecule has 0 N–H and O–H groups in total. The summed E-state index contributed by atoms with van der Waals surface area (Å²) >= 11 is 11.2. The summed E-state index contributed by atoms with van der Waals surface area (Å²) in [5.41, 5.74) is 1.25. The van der Waals surface area contributed by atoms with Crippen molar-refractivity contribution in [1.82, 2.24) is 4.98 Å². The first-order valence-corrected chi connectivity index (χ1v) is 5.40. The molecular weight excluding hydrogens is 205 g/mol. The van der Waals surface area contributed by atoms with Gasteiger partial charge in [0.2, 0.25) is 0 Å². The molecule has 0 amide bonds. The van der Waals surface area contributed by atoms with Crippen LogP contribution in [0.1, 0.15) is 24.8 Å². The first-order chi connectivity index (χ1) is 6.33. The van der Waals surface area contributed by atoms with Crippen LogP contribution in [0.2, 0.25) is 5.15 Å². The minimum atomic E-state index is 0.560. The van der Waals surface area contributed by atoms with Gasteiger partial charge >= 0.3 is 0 Å². The lowest BCUT2D eigenvalue weighted by molar-refractivity contribution is 0.719. The summed E-state index contributed by atoms with van der Waals surface area (Å²) in [5, 5.41) is 0.560. The Balaban J connectivity index is 2.25. The monoisotopic (exact) mass is 217 g/mol. The number of pyridine rings is 1. The lowest BCUT2D eigenvalue weighted by atomic mass is 10.1. The SMILES string of the molecule is ClCCCCCc1ccc(Cl)nc1. The second-order valence-electron chi connectivity index (χ2n) is 2.99. The Bertz CT molecular complexity index is 233. The Morgan fingerprint density at radius 3 is 2.62 bits per heavy atom. The molecule has 0 aliphatic heterocycles. The van der Waals surface area contributed by atoms with E-state index in [0.29, 0.717) is 5.15 Å². The van der Waals surface area contributed by atoms with E-state index in [0.717, 1.165) is 18.7 Å². The summed E-state index contributed by atoms with van der Waals surface area (Å²) in [7, 11) is 0. The molecule has 3 heteroatoms. The molecule has 1 aromatic rings. The molecule has 0 saturated heterocycles. The minimum Gasteiger partial charge on any atom is -0.244 e. The molecule has 0 fully saturated rings. The third-order valence-electron chi connectivity index (χ3n) is 1.89. The van der Waals surface area contributed by atoms with E-state index in [4.69, 9.17) is 23.2 Å². The molecule has 0 unspecified atom stereocenters. The first-order valence-electron chi connectivity index (χ1n) is 4.49. The van der Waals surface area contributed by atoms with Crippen molar-refractivity contribution >= 4 is 23.2 Å². The van der Waals surface area contributed by atoms with Crippen LogP contribution in [-0.2, 0) is 6.42 Å². The Hall–Kier alpha value is -0.270. The van der Waals surface area contributed by atoms with Gasteiger partial charge in [-0.15, -0.1) is 11.6 Å². The molecule has 72 valence electrons. The van der Waals surface area contributed by atoms with Gasteiger partial charge in [-0.05, 0) is 30.9 Å². The van der Waals surface area contributed by atoms with Gasteiger partial charge in [0, 0.05) is 12.1 Å². The largest absolute Gasteiger partial charge is 0.244 e. The van der Waals surface area contributed by atoms with Gasteiger partial charge in [-0.3, -0.25) is 0 Å². The number of halogens is 2.